The summed E-state index contributed by atoms with van der Waals surface area (Å²) >= 11 is 5.93. The van der Waals surface area contributed by atoms with E-state index >= 15 is 0 Å². The smallest absolute Gasteiger partial charge is 0.234 e. The molecule has 1 saturated heterocycles. The second-order valence-electron chi connectivity index (χ2n) is 9.03. The molecule has 174 valence electrons. The van der Waals surface area contributed by atoms with E-state index in [-0.39, 0.29) is 23.7 Å². The molecule has 5 rings (SSSR count). The SMILES string of the molecule is CN1C(=O)CC(=O)N(Cc2ccc3c(c2)C(C)(C)c2cccnc2N3c2ccc(C=O)s2)C1S. The van der Waals surface area contributed by atoms with Gasteiger partial charge in [-0.15, -0.1) is 24.0 Å². The molecule has 7 nitrogen and oxygen atoms in total. The molecule has 9 heteroatoms. The molecule has 2 aromatic heterocycles. The highest BCUT2D eigenvalue weighted by Crippen LogP contribution is 2.52. The molecule has 0 bridgehead atoms. The lowest BCUT2D eigenvalue weighted by Gasteiger charge is -2.41. The predicted octanol–water partition coefficient (Wildman–Crippen LogP) is 4.47. The van der Waals surface area contributed by atoms with Gasteiger partial charge in [0.25, 0.3) is 0 Å². The van der Waals surface area contributed by atoms with Crippen molar-refractivity contribution in [3.8, 4) is 0 Å². The third-order valence-electron chi connectivity index (χ3n) is 6.59. The van der Waals surface area contributed by atoms with Gasteiger partial charge >= 0.3 is 0 Å². The molecule has 4 heterocycles. The number of anilines is 3. The number of thiol groups is 1. The van der Waals surface area contributed by atoms with E-state index in [1.54, 1.807) is 18.1 Å². The van der Waals surface area contributed by atoms with Crippen molar-refractivity contribution in [2.75, 3.05) is 11.9 Å². The van der Waals surface area contributed by atoms with Gasteiger partial charge in [0.2, 0.25) is 11.8 Å². The van der Waals surface area contributed by atoms with Crippen molar-refractivity contribution in [2.24, 2.45) is 0 Å². The van der Waals surface area contributed by atoms with Crippen LogP contribution < -0.4 is 4.90 Å². The first-order valence-electron chi connectivity index (χ1n) is 10.9. The fourth-order valence-corrected chi connectivity index (χ4v) is 5.81. The second kappa shape index (κ2) is 8.25. The number of carbonyl (C=O) groups excluding carboxylic acids is 3. The highest BCUT2D eigenvalue weighted by atomic mass is 32.1. The number of fused-ring (bicyclic) bond motifs is 2. The van der Waals surface area contributed by atoms with Gasteiger partial charge < -0.3 is 9.80 Å². The minimum absolute atomic E-state index is 0.145. The highest BCUT2D eigenvalue weighted by molar-refractivity contribution is 7.80. The first-order chi connectivity index (χ1) is 16.2. The van der Waals surface area contributed by atoms with Gasteiger partial charge in [-0.05, 0) is 35.4 Å². The average molecular weight is 493 g/mol. The van der Waals surface area contributed by atoms with Gasteiger partial charge in [0.05, 0.1) is 10.6 Å². The van der Waals surface area contributed by atoms with Crippen LogP contribution in [0, 0.1) is 0 Å². The van der Waals surface area contributed by atoms with Crippen molar-refractivity contribution in [1.29, 1.82) is 0 Å². The average Bonchev–Trinajstić information content (AvgIpc) is 3.30. The zero-order valence-electron chi connectivity index (χ0n) is 19.1. The van der Waals surface area contributed by atoms with E-state index in [0.717, 1.165) is 39.5 Å². The van der Waals surface area contributed by atoms with Crippen molar-refractivity contribution >= 4 is 58.6 Å². The topological polar surface area (TPSA) is 73.8 Å². The third-order valence-corrected chi connectivity index (χ3v) is 8.21. The summed E-state index contributed by atoms with van der Waals surface area (Å²) in [6.45, 7) is 4.68. The van der Waals surface area contributed by atoms with Gasteiger partial charge in [0.1, 0.15) is 17.2 Å². The van der Waals surface area contributed by atoms with Crippen molar-refractivity contribution in [3.05, 3.63) is 70.2 Å². The predicted molar refractivity (Wildman–Crippen MR) is 135 cm³/mol. The molecule has 0 spiro atoms. The Bertz CT molecular complexity index is 1320. The Hall–Kier alpha value is -3.17. The van der Waals surface area contributed by atoms with Crippen molar-refractivity contribution in [1.82, 2.24) is 14.8 Å². The Balaban J connectivity index is 1.59. The molecule has 1 unspecified atom stereocenters. The largest absolute Gasteiger partial charge is 0.316 e. The Morgan fingerprint density at radius 1 is 1.15 bits per heavy atom. The first kappa shape index (κ1) is 22.6. The van der Waals surface area contributed by atoms with E-state index in [1.807, 2.05) is 30.3 Å². The maximum Gasteiger partial charge on any atom is 0.234 e. The van der Waals surface area contributed by atoms with E-state index in [4.69, 9.17) is 4.98 Å². The summed E-state index contributed by atoms with van der Waals surface area (Å²) in [5.74, 6) is 0.392. The van der Waals surface area contributed by atoms with E-state index in [1.165, 1.54) is 16.2 Å². The highest BCUT2D eigenvalue weighted by Gasteiger charge is 2.39. The lowest BCUT2D eigenvalue weighted by atomic mass is 9.74. The molecule has 2 aliphatic rings. The number of aldehydes is 1. The molecule has 0 saturated carbocycles. The Morgan fingerprint density at radius 2 is 1.94 bits per heavy atom. The number of pyridine rings is 1. The number of amides is 2. The standard InChI is InChI=1S/C25H24N4O3S2/c1-25(2)17-5-4-10-26-23(17)29(22-9-7-16(14-30)34-22)19-8-6-15(11-18(19)25)13-28-21(32)12-20(31)27(3)24(28)33/h4-11,14,24,33H,12-13H2,1-3H3. The molecular formula is C25H24N4O3S2. The van der Waals surface area contributed by atoms with Gasteiger partial charge in [-0.1, -0.05) is 32.0 Å². The van der Waals surface area contributed by atoms with Gasteiger partial charge in [-0.25, -0.2) is 4.98 Å². The van der Waals surface area contributed by atoms with Gasteiger partial charge in [0, 0.05) is 30.8 Å². The number of carbonyl (C=O) groups is 3. The summed E-state index contributed by atoms with van der Waals surface area (Å²) in [5.41, 5.74) is 3.17. The fraction of sp³-hybridized carbons (Fsp3) is 0.280. The quantitative estimate of drug-likeness (QED) is 0.331. The maximum atomic E-state index is 12.6. The van der Waals surface area contributed by atoms with Crippen LogP contribution in [0.5, 0.6) is 0 Å². The molecular weight excluding hydrogens is 468 g/mol. The molecule has 1 atom stereocenters. The molecule has 34 heavy (non-hydrogen) atoms. The number of rotatable bonds is 4. The number of aromatic nitrogens is 1. The lowest BCUT2D eigenvalue weighted by molar-refractivity contribution is -0.152. The molecule has 1 fully saturated rings. The first-order valence-corrected chi connectivity index (χ1v) is 12.2. The summed E-state index contributed by atoms with van der Waals surface area (Å²) in [7, 11) is 1.66. The summed E-state index contributed by atoms with van der Waals surface area (Å²) < 4.78 is 0. The Kier molecular flexibility index (Phi) is 5.49. The van der Waals surface area contributed by atoms with Crippen LogP contribution in [0.1, 0.15) is 46.6 Å². The zero-order chi connectivity index (χ0) is 24.2. The van der Waals surface area contributed by atoms with Crippen LogP contribution in [0.2, 0.25) is 0 Å². The lowest BCUT2D eigenvalue weighted by Crippen LogP contribution is -2.54. The number of hydrogen-bond donors (Lipinski definition) is 1. The van der Waals surface area contributed by atoms with Crippen LogP contribution in [-0.4, -0.2) is 45.4 Å². The van der Waals surface area contributed by atoms with E-state index in [9.17, 15) is 14.4 Å². The van der Waals surface area contributed by atoms with Crippen LogP contribution >= 0.6 is 24.0 Å². The number of thiophene rings is 1. The summed E-state index contributed by atoms with van der Waals surface area (Å²) in [5, 5.41) is 0.910. The van der Waals surface area contributed by atoms with E-state index < -0.39 is 5.50 Å². The van der Waals surface area contributed by atoms with Crippen LogP contribution in [0.4, 0.5) is 16.5 Å². The van der Waals surface area contributed by atoms with Crippen molar-refractivity contribution in [2.45, 2.75) is 37.7 Å². The second-order valence-corrected chi connectivity index (χ2v) is 10.6. The number of hydrogen-bond acceptors (Lipinski definition) is 7. The Morgan fingerprint density at radius 3 is 2.68 bits per heavy atom. The van der Waals surface area contributed by atoms with E-state index in [2.05, 4.69) is 43.5 Å². The molecule has 2 aliphatic heterocycles. The van der Waals surface area contributed by atoms with Crippen LogP contribution in [-0.2, 0) is 21.5 Å². The van der Waals surface area contributed by atoms with Crippen LogP contribution in [0.15, 0.2) is 48.7 Å². The zero-order valence-corrected chi connectivity index (χ0v) is 20.8. The maximum absolute atomic E-state index is 12.6. The molecule has 3 aromatic rings. The minimum Gasteiger partial charge on any atom is -0.316 e. The summed E-state index contributed by atoms with van der Waals surface area (Å²) in [4.78, 5) is 46.5. The van der Waals surface area contributed by atoms with E-state index in [0.29, 0.717) is 11.4 Å². The molecule has 1 aromatic carbocycles. The molecule has 0 aliphatic carbocycles. The number of benzene rings is 1. The molecule has 2 amide bonds. The third kappa shape index (κ3) is 3.50. The summed E-state index contributed by atoms with van der Waals surface area (Å²) in [6.07, 6.45) is 2.49. The monoisotopic (exact) mass is 492 g/mol. The minimum atomic E-state index is -0.605. The Labute approximate surface area is 207 Å². The van der Waals surface area contributed by atoms with Gasteiger partial charge in [0.15, 0.2) is 11.8 Å². The normalized spacial score (nSPS) is 19.2. The van der Waals surface area contributed by atoms with Crippen molar-refractivity contribution in [3.63, 3.8) is 0 Å². The molecule has 0 N–H and O–H groups in total. The van der Waals surface area contributed by atoms with Gasteiger partial charge in [-0.3, -0.25) is 19.3 Å². The molecule has 0 radical (unpaired) electrons. The van der Waals surface area contributed by atoms with Crippen LogP contribution in [0.3, 0.4) is 0 Å². The summed E-state index contributed by atoms with van der Waals surface area (Å²) in [6, 6.07) is 13.9. The van der Waals surface area contributed by atoms with Gasteiger partial charge in [-0.2, -0.15) is 0 Å². The fourth-order valence-electron chi connectivity index (χ4n) is 4.64. The number of nitrogens with zero attached hydrogens (tertiary/aromatic N) is 4. The van der Waals surface area contributed by atoms with Crippen LogP contribution in [0.25, 0.3) is 0 Å². The van der Waals surface area contributed by atoms with Crippen molar-refractivity contribution < 1.29 is 14.4 Å².